The summed E-state index contributed by atoms with van der Waals surface area (Å²) in [6, 6.07) is 8.78. The van der Waals surface area contributed by atoms with Gasteiger partial charge in [-0.25, -0.2) is 4.79 Å². The highest BCUT2D eigenvalue weighted by molar-refractivity contribution is 5.78. The lowest BCUT2D eigenvalue weighted by Gasteiger charge is -2.37. The predicted octanol–water partition coefficient (Wildman–Crippen LogP) is 2.14. The third-order valence-corrected chi connectivity index (χ3v) is 6.10. The molecular formula is C21H29N3O3. The molecule has 0 aromatic heterocycles. The summed E-state index contributed by atoms with van der Waals surface area (Å²) in [5, 5.41) is 3.21. The second-order valence-corrected chi connectivity index (χ2v) is 7.85. The van der Waals surface area contributed by atoms with Gasteiger partial charge < -0.3 is 19.9 Å². The molecule has 1 N–H and O–H groups in total. The van der Waals surface area contributed by atoms with E-state index in [9.17, 15) is 9.59 Å². The molecule has 2 heterocycles. The normalized spacial score (nSPS) is 23.2. The molecule has 6 nitrogen and oxygen atoms in total. The Balaban J connectivity index is 1.22. The number of rotatable bonds is 3. The Labute approximate surface area is 160 Å². The summed E-state index contributed by atoms with van der Waals surface area (Å²) in [6.45, 7) is 4.04. The third kappa shape index (κ3) is 4.26. The minimum Gasteiger partial charge on any atom is -0.378 e. The van der Waals surface area contributed by atoms with E-state index in [-0.39, 0.29) is 18.0 Å². The average molecular weight is 371 g/mol. The summed E-state index contributed by atoms with van der Waals surface area (Å²) in [5.41, 5.74) is 2.74. The first-order valence-electron chi connectivity index (χ1n) is 10.2. The standard InChI is InChI=1S/C21H29N3O3/c25-20(15-17-6-5-16-3-1-2-4-19(16)17)22-18-7-9-23(10-8-18)21(26)24-11-13-27-14-12-24/h1-4,17-18H,5-15H2,(H,22,25)/t17-/m1/s1. The minimum atomic E-state index is 0.116. The fraction of sp³-hybridized carbons (Fsp3) is 0.619. The van der Waals surface area contributed by atoms with Gasteiger partial charge in [0.25, 0.3) is 0 Å². The van der Waals surface area contributed by atoms with Gasteiger partial charge in [-0.05, 0) is 42.7 Å². The predicted molar refractivity (Wildman–Crippen MR) is 103 cm³/mol. The van der Waals surface area contributed by atoms with Gasteiger partial charge in [-0.15, -0.1) is 0 Å². The Morgan fingerprint density at radius 2 is 1.70 bits per heavy atom. The number of likely N-dealkylation sites (tertiary alicyclic amines) is 1. The molecule has 1 atom stereocenters. The fourth-order valence-corrected chi connectivity index (χ4v) is 4.54. The second-order valence-electron chi connectivity index (χ2n) is 7.85. The molecule has 0 unspecified atom stereocenters. The molecule has 2 fully saturated rings. The number of hydrogen-bond acceptors (Lipinski definition) is 3. The van der Waals surface area contributed by atoms with E-state index < -0.39 is 0 Å². The number of hydrogen-bond donors (Lipinski definition) is 1. The van der Waals surface area contributed by atoms with E-state index in [4.69, 9.17) is 4.74 Å². The highest BCUT2D eigenvalue weighted by Gasteiger charge is 2.29. The summed E-state index contributed by atoms with van der Waals surface area (Å²) in [4.78, 5) is 28.9. The molecule has 0 radical (unpaired) electrons. The van der Waals surface area contributed by atoms with Gasteiger partial charge in [0.2, 0.25) is 5.91 Å². The molecule has 27 heavy (non-hydrogen) atoms. The van der Waals surface area contributed by atoms with Gasteiger partial charge in [0, 0.05) is 38.6 Å². The first-order valence-corrected chi connectivity index (χ1v) is 10.2. The first kappa shape index (κ1) is 18.3. The van der Waals surface area contributed by atoms with Crippen LogP contribution in [-0.2, 0) is 16.0 Å². The number of carbonyl (C=O) groups excluding carboxylic acids is 2. The molecule has 0 spiro atoms. The highest BCUT2D eigenvalue weighted by Crippen LogP contribution is 2.35. The molecular weight excluding hydrogens is 342 g/mol. The molecule has 1 aromatic rings. The van der Waals surface area contributed by atoms with Crippen molar-refractivity contribution in [2.24, 2.45) is 0 Å². The Morgan fingerprint density at radius 3 is 2.48 bits per heavy atom. The van der Waals surface area contributed by atoms with Crippen molar-refractivity contribution in [3.8, 4) is 0 Å². The van der Waals surface area contributed by atoms with E-state index in [1.807, 2.05) is 9.80 Å². The number of benzene rings is 1. The Bertz CT molecular complexity index is 679. The molecule has 0 saturated carbocycles. The van der Waals surface area contributed by atoms with Crippen LogP contribution >= 0.6 is 0 Å². The number of carbonyl (C=O) groups is 2. The van der Waals surface area contributed by atoms with Gasteiger partial charge >= 0.3 is 6.03 Å². The second kappa shape index (κ2) is 8.30. The number of ether oxygens (including phenoxy) is 1. The summed E-state index contributed by atoms with van der Waals surface area (Å²) >= 11 is 0. The molecule has 0 bridgehead atoms. The number of amides is 3. The van der Waals surface area contributed by atoms with Crippen LogP contribution in [0, 0.1) is 0 Å². The Hall–Kier alpha value is -2.08. The minimum absolute atomic E-state index is 0.116. The number of nitrogens with one attached hydrogen (secondary N) is 1. The van der Waals surface area contributed by atoms with Crippen molar-refractivity contribution in [2.75, 3.05) is 39.4 Å². The first-order chi connectivity index (χ1) is 13.2. The van der Waals surface area contributed by atoms with Crippen molar-refractivity contribution in [1.82, 2.24) is 15.1 Å². The Morgan fingerprint density at radius 1 is 1.00 bits per heavy atom. The van der Waals surface area contributed by atoms with E-state index in [2.05, 4.69) is 29.6 Å². The van der Waals surface area contributed by atoms with Gasteiger partial charge in [0.1, 0.15) is 0 Å². The molecule has 146 valence electrons. The zero-order valence-corrected chi connectivity index (χ0v) is 15.9. The van der Waals surface area contributed by atoms with Crippen LogP contribution < -0.4 is 5.32 Å². The van der Waals surface area contributed by atoms with Crippen molar-refractivity contribution in [3.63, 3.8) is 0 Å². The number of morpholine rings is 1. The molecule has 3 aliphatic rings. The van der Waals surface area contributed by atoms with Crippen LogP contribution in [0.5, 0.6) is 0 Å². The molecule has 6 heteroatoms. The number of aryl methyl sites for hydroxylation is 1. The zero-order valence-electron chi connectivity index (χ0n) is 15.9. The van der Waals surface area contributed by atoms with Gasteiger partial charge in [0.15, 0.2) is 0 Å². The van der Waals surface area contributed by atoms with Crippen molar-refractivity contribution in [1.29, 1.82) is 0 Å². The van der Waals surface area contributed by atoms with E-state index in [1.165, 1.54) is 11.1 Å². The van der Waals surface area contributed by atoms with Gasteiger partial charge in [-0.1, -0.05) is 24.3 Å². The number of piperidine rings is 1. The molecule has 3 amide bonds. The quantitative estimate of drug-likeness (QED) is 0.886. The lowest BCUT2D eigenvalue weighted by Crippen LogP contribution is -2.52. The van der Waals surface area contributed by atoms with Crippen LogP contribution in [0.4, 0.5) is 4.79 Å². The summed E-state index contributed by atoms with van der Waals surface area (Å²) in [7, 11) is 0. The summed E-state index contributed by atoms with van der Waals surface area (Å²) in [6.07, 6.45) is 4.39. The largest absolute Gasteiger partial charge is 0.378 e. The highest BCUT2D eigenvalue weighted by atomic mass is 16.5. The van der Waals surface area contributed by atoms with Crippen molar-refractivity contribution in [2.45, 2.75) is 44.1 Å². The van der Waals surface area contributed by atoms with E-state index in [0.717, 1.165) is 25.7 Å². The maximum absolute atomic E-state index is 12.5. The maximum atomic E-state index is 12.5. The molecule has 4 rings (SSSR count). The van der Waals surface area contributed by atoms with Crippen molar-refractivity contribution < 1.29 is 14.3 Å². The summed E-state index contributed by atoms with van der Waals surface area (Å²) in [5.74, 6) is 0.499. The summed E-state index contributed by atoms with van der Waals surface area (Å²) < 4.78 is 5.31. The van der Waals surface area contributed by atoms with Crippen LogP contribution in [0.2, 0.25) is 0 Å². The van der Waals surface area contributed by atoms with Crippen LogP contribution in [0.3, 0.4) is 0 Å². The Kier molecular flexibility index (Phi) is 5.62. The number of fused-ring (bicyclic) bond motifs is 1. The van der Waals surface area contributed by atoms with Gasteiger partial charge in [-0.3, -0.25) is 4.79 Å². The van der Waals surface area contributed by atoms with Crippen molar-refractivity contribution >= 4 is 11.9 Å². The monoisotopic (exact) mass is 371 g/mol. The van der Waals surface area contributed by atoms with Crippen molar-refractivity contribution in [3.05, 3.63) is 35.4 Å². The number of nitrogens with zero attached hydrogens (tertiary/aromatic N) is 2. The van der Waals surface area contributed by atoms with Gasteiger partial charge in [-0.2, -0.15) is 0 Å². The van der Waals surface area contributed by atoms with Crippen LogP contribution in [0.25, 0.3) is 0 Å². The third-order valence-electron chi connectivity index (χ3n) is 6.10. The molecule has 1 aliphatic carbocycles. The molecule has 1 aromatic carbocycles. The average Bonchev–Trinajstić information content (AvgIpc) is 3.11. The lowest BCUT2D eigenvalue weighted by atomic mass is 9.97. The van der Waals surface area contributed by atoms with Crippen LogP contribution in [-0.4, -0.2) is 67.2 Å². The van der Waals surface area contributed by atoms with Gasteiger partial charge in [0.05, 0.1) is 13.2 Å². The van der Waals surface area contributed by atoms with E-state index in [0.29, 0.717) is 51.7 Å². The maximum Gasteiger partial charge on any atom is 0.320 e. The van der Waals surface area contributed by atoms with Crippen LogP contribution in [0.15, 0.2) is 24.3 Å². The van der Waals surface area contributed by atoms with E-state index in [1.54, 1.807) is 0 Å². The zero-order chi connectivity index (χ0) is 18.6. The van der Waals surface area contributed by atoms with E-state index >= 15 is 0 Å². The smallest absolute Gasteiger partial charge is 0.320 e. The van der Waals surface area contributed by atoms with Crippen LogP contribution in [0.1, 0.15) is 42.7 Å². The lowest BCUT2D eigenvalue weighted by molar-refractivity contribution is -0.122. The SMILES string of the molecule is O=C(C[C@H]1CCc2ccccc21)NC1CCN(C(=O)N2CCOCC2)CC1. The fourth-order valence-electron chi connectivity index (χ4n) is 4.54. The topological polar surface area (TPSA) is 61.9 Å². The number of urea groups is 1. The molecule has 2 aliphatic heterocycles. The molecule has 2 saturated heterocycles.